The van der Waals surface area contributed by atoms with Gasteiger partial charge in [-0.25, -0.2) is 4.79 Å². The minimum Gasteiger partial charge on any atom is -0.465 e. The number of nitrogens with one attached hydrogen (secondary N) is 1. The maximum absolute atomic E-state index is 12.4. The van der Waals surface area contributed by atoms with Gasteiger partial charge in [-0.2, -0.15) is 0 Å². The molecule has 2 aromatic rings. The molecule has 0 saturated heterocycles. The van der Waals surface area contributed by atoms with Crippen molar-refractivity contribution in [3.05, 3.63) is 39.2 Å². The van der Waals surface area contributed by atoms with Gasteiger partial charge in [-0.05, 0) is 24.1 Å². The molecular formula is C18H20BrNO3S. The molecule has 0 radical (unpaired) electrons. The van der Waals surface area contributed by atoms with Gasteiger partial charge in [-0.3, -0.25) is 4.79 Å². The van der Waals surface area contributed by atoms with Crippen LogP contribution in [0.2, 0.25) is 0 Å². The number of esters is 1. The van der Waals surface area contributed by atoms with Crippen molar-refractivity contribution < 1.29 is 14.3 Å². The van der Waals surface area contributed by atoms with E-state index >= 15 is 0 Å². The molecule has 0 spiro atoms. The van der Waals surface area contributed by atoms with E-state index in [2.05, 4.69) is 21.2 Å². The van der Waals surface area contributed by atoms with E-state index in [1.54, 1.807) is 0 Å². The molecule has 24 heavy (non-hydrogen) atoms. The van der Waals surface area contributed by atoms with Gasteiger partial charge in [0.15, 0.2) is 0 Å². The van der Waals surface area contributed by atoms with E-state index < -0.39 is 5.97 Å². The predicted octanol–water partition coefficient (Wildman–Crippen LogP) is 5.12. The Labute approximate surface area is 154 Å². The van der Waals surface area contributed by atoms with Gasteiger partial charge in [-0.15, -0.1) is 11.3 Å². The Hall–Kier alpha value is -1.66. The van der Waals surface area contributed by atoms with E-state index in [4.69, 9.17) is 4.74 Å². The van der Waals surface area contributed by atoms with Gasteiger partial charge in [-0.1, -0.05) is 48.8 Å². The third-order valence-corrected chi connectivity index (χ3v) is 5.36. The van der Waals surface area contributed by atoms with Gasteiger partial charge in [0.2, 0.25) is 5.91 Å². The van der Waals surface area contributed by atoms with Crippen LogP contribution in [0.15, 0.2) is 28.7 Å². The molecule has 1 N–H and O–H groups in total. The third kappa shape index (κ3) is 3.87. The average molecular weight is 410 g/mol. The molecule has 6 heteroatoms. The van der Waals surface area contributed by atoms with Crippen molar-refractivity contribution in [1.29, 1.82) is 0 Å². The number of aryl methyl sites for hydroxylation is 1. The van der Waals surface area contributed by atoms with E-state index in [1.807, 2.05) is 45.0 Å². The molecule has 0 unspecified atom stereocenters. The number of benzene rings is 1. The number of methoxy groups -OCH3 is 1. The molecule has 0 atom stereocenters. The standard InChI is InChI=1S/C18H20BrNO3S/c1-5-13-14(11-6-8-12(19)9-7-11)15(18(22)23-4)17(24-13)20-16(21)10(2)3/h6-10H,5H2,1-4H3,(H,20,21). The van der Waals surface area contributed by atoms with Crippen molar-refractivity contribution in [3.63, 3.8) is 0 Å². The highest BCUT2D eigenvalue weighted by Crippen LogP contribution is 2.41. The zero-order valence-corrected chi connectivity index (χ0v) is 16.5. The van der Waals surface area contributed by atoms with E-state index in [0.29, 0.717) is 10.6 Å². The summed E-state index contributed by atoms with van der Waals surface area (Å²) >= 11 is 4.85. The number of thiophene rings is 1. The lowest BCUT2D eigenvalue weighted by molar-refractivity contribution is -0.118. The molecular weight excluding hydrogens is 390 g/mol. The molecule has 0 aliphatic heterocycles. The fraction of sp³-hybridized carbons (Fsp3) is 0.333. The number of carbonyl (C=O) groups excluding carboxylic acids is 2. The number of ether oxygens (including phenoxy) is 1. The van der Waals surface area contributed by atoms with Crippen LogP contribution >= 0.6 is 27.3 Å². The van der Waals surface area contributed by atoms with Gasteiger partial charge in [0, 0.05) is 20.8 Å². The normalized spacial score (nSPS) is 10.8. The second-order valence-corrected chi connectivity index (χ2v) is 7.62. The first-order valence-corrected chi connectivity index (χ1v) is 9.30. The Morgan fingerprint density at radius 2 is 1.88 bits per heavy atom. The van der Waals surface area contributed by atoms with Gasteiger partial charge < -0.3 is 10.1 Å². The minimum absolute atomic E-state index is 0.119. The van der Waals surface area contributed by atoms with Gasteiger partial charge in [0.05, 0.1) is 7.11 Å². The SMILES string of the molecule is CCc1sc(NC(=O)C(C)C)c(C(=O)OC)c1-c1ccc(Br)cc1. The maximum Gasteiger partial charge on any atom is 0.341 e. The smallest absolute Gasteiger partial charge is 0.341 e. The fourth-order valence-electron chi connectivity index (χ4n) is 2.29. The minimum atomic E-state index is -0.442. The summed E-state index contributed by atoms with van der Waals surface area (Å²) < 4.78 is 5.94. The van der Waals surface area contributed by atoms with Crippen LogP contribution in [0.25, 0.3) is 11.1 Å². The average Bonchev–Trinajstić information content (AvgIpc) is 2.93. The summed E-state index contributed by atoms with van der Waals surface area (Å²) in [6, 6.07) is 7.76. The van der Waals surface area contributed by atoms with Crippen molar-refractivity contribution in [2.45, 2.75) is 27.2 Å². The molecule has 1 aromatic heterocycles. The zero-order chi connectivity index (χ0) is 17.9. The van der Waals surface area contributed by atoms with Crippen LogP contribution < -0.4 is 5.32 Å². The fourth-order valence-corrected chi connectivity index (χ4v) is 3.71. The Morgan fingerprint density at radius 1 is 1.25 bits per heavy atom. The number of halogens is 1. The lowest BCUT2D eigenvalue weighted by Gasteiger charge is -2.09. The Bertz CT molecular complexity index is 750. The summed E-state index contributed by atoms with van der Waals surface area (Å²) in [5.74, 6) is -0.729. The van der Waals surface area contributed by atoms with Crippen molar-refractivity contribution in [3.8, 4) is 11.1 Å². The number of hydrogen-bond acceptors (Lipinski definition) is 4. The first-order valence-electron chi connectivity index (χ1n) is 7.69. The number of carbonyl (C=O) groups is 2. The molecule has 0 bridgehead atoms. The van der Waals surface area contributed by atoms with E-state index in [1.165, 1.54) is 18.4 Å². The van der Waals surface area contributed by atoms with Gasteiger partial charge in [0.1, 0.15) is 10.6 Å². The topological polar surface area (TPSA) is 55.4 Å². The molecule has 1 aromatic carbocycles. The molecule has 4 nitrogen and oxygen atoms in total. The summed E-state index contributed by atoms with van der Waals surface area (Å²) in [6.07, 6.45) is 0.762. The Kier molecular flexibility index (Phi) is 6.18. The first-order chi connectivity index (χ1) is 11.4. The van der Waals surface area contributed by atoms with Crippen LogP contribution in [0.4, 0.5) is 5.00 Å². The molecule has 0 aliphatic rings. The van der Waals surface area contributed by atoms with Gasteiger partial charge >= 0.3 is 5.97 Å². The maximum atomic E-state index is 12.4. The molecule has 2 rings (SSSR count). The van der Waals surface area contributed by atoms with E-state index in [-0.39, 0.29) is 11.8 Å². The van der Waals surface area contributed by atoms with Crippen LogP contribution in [0.3, 0.4) is 0 Å². The predicted molar refractivity (Wildman–Crippen MR) is 102 cm³/mol. The van der Waals surface area contributed by atoms with Crippen LogP contribution in [0.1, 0.15) is 36.0 Å². The molecule has 0 aliphatic carbocycles. The highest BCUT2D eigenvalue weighted by molar-refractivity contribution is 9.10. The number of amides is 1. The molecule has 0 fully saturated rings. The van der Waals surface area contributed by atoms with Crippen LogP contribution in [0.5, 0.6) is 0 Å². The van der Waals surface area contributed by atoms with E-state index in [9.17, 15) is 9.59 Å². The Balaban J connectivity index is 2.63. The van der Waals surface area contributed by atoms with Crippen molar-refractivity contribution in [1.82, 2.24) is 0 Å². The van der Waals surface area contributed by atoms with E-state index in [0.717, 1.165) is 26.9 Å². The third-order valence-electron chi connectivity index (χ3n) is 3.59. The number of anilines is 1. The quantitative estimate of drug-likeness (QED) is 0.696. The monoisotopic (exact) mass is 409 g/mol. The summed E-state index contributed by atoms with van der Waals surface area (Å²) in [5.41, 5.74) is 2.19. The lowest BCUT2D eigenvalue weighted by Crippen LogP contribution is -2.18. The summed E-state index contributed by atoms with van der Waals surface area (Å²) in [4.78, 5) is 25.5. The second kappa shape index (κ2) is 7.94. The second-order valence-electron chi connectivity index (χ2n) is 5.60. The highest BCUT2D eigenvalue weighted by Gasteiger charge is 2.26. The molecule has 1 heterocycles. The number of hydrogen-bond donors (Lipinski definition) is 1. The number of rotatable bonds is 5. The van der Waals surface area contributed by atoms with Crippen LogP contribution in [-0.4, -0.2) is 19.0 Å². The zero-order valence-electron chi connectivity index (χ0n) is 14.1. The largest absolute Gasteiger partial charge is 0.465 e. The van der Waals surface area contributed by atoms with Crippen LogP contribution in [-0.2, 0) is 16.0 Å². The van der Waals surface area contributed by atoms with Gasteiger partial charge in [0.25, 0.3) is 0 Å². The summed E-state index contributed by atoms with van der Waals surface area (Å²) in [6.45, 7) is 5.66. The van der Waals surface area contributed by atoms with Crippen molar-refractivity contribution in [2.24, 2.45) is 5.92 Å². The lowest BCUT2D eigenvalue weighted by atomic mass is 10.00. The molecule has 1 amide bonds. The first kappa shape index (κ1) is 18.7. The highest BCUT2D eigenvalue weighted by atomic mass is 79.9. The van der Waals surface area contributed by atoms with Crippen LogP contribution in [0, 0.1) is 5.92 Å². The molecule has 0 saturated carbocycles. The molecule has 128 valence electrons. The van der Waals surface area contributed by atoms with Crippen molar-refractivity contribution in [2.75, 3.05) is 12.4 Å². The summed E-state index contributed by atoms with van der Waals surface area (Å²) in [5, 5.41) is 3.42. The Morgan fingerprint density at radius 3 is 2.38 bits per heavy atom. The summed E-state index contributed by atoms with van der Waals surface area (Å²) in [7, 11) is 1.35. The van der Waals surface area contributed by atoms with Crippen molar-refractivity contribution >= 4 is 44.1 Å².